The quantitative estimate of drug-likeness (QED) is 0.724. The fourth-order valence-corrected chi connectivity index (χ4v) is 4.73. The van der Waals surface area contributed by atoms with Gasteiger partial charge in [-0.25, -0.2) is 0 Å². The topological polar surface area (TPSA) is 43.9 Å². The summed E-state index contributed by atoms with van der Waals surface area (Å²) in [5, 5.41) is 0. The lowest BCUT2D eigenvalue weighted by atomic mass is 9.96. The van der Waals surface area contributed by atoms with E-state index < -0.39 is 18.1 Å². The number of nitrogens with zero attached hydrogens (tertiary/aromatic N) is 3. The van der Waals surface area contributed by atoms with E-state index in [-0.39, 0.29) is 24.9 Å². The summed E-state index contributed by atoms with van der Waals surface area (Å²) in [7, 11) is 0. The van der Waals surface area contributed by atoms with Crippen molar-refractivity contribution in [3.8, 4) is 0 Å². The predicted octanol–water partition coefficient (Wildman–Crippen LogP) is 3.47. The Kier molecular flexibility index (Phi) is 6.50. The van der Waals surface area contributed by atoms with Crippen LogP contribution in [0.1, 0.15) is 30.0 Å². The van der Waals surface area contributed by atoms with Gasteiger partial charge >= 0.3 is 12.1 Å². The van der Waals surface area contributed by atoms with Gasteiger partial charge in [-0.1, -0.05) is 60.7 Å². The summed E-state index contributed by atoms with van der Waals surface area (Å²) in [5.41, 5.74) is 2.30. The second-order valence-corrected chi connectivity index (χ2v) is 8.24. The number of likely N-dealkylation sites (tertiary alicyclic amines) is 1. The van der Waals surface area contributed by atoms with Crippen molar-refractivity contribution in [2.75, 3.05) is 32.7 Å². The maximum Gasteiger partial charge on any atom is 0.471 e. The zero-order valence-electron chi connectivity index (χ0n) is 17.7. The molecule has 2 aromatic carbocycles. The molecule has 2 amide bonds. The van der Waals surface area contributed by atoms with Crippen LogP contribution in [0, 0.1) is 0 Å². The summed E-state index contributed by atoms with van der Waals surface area (Å²) < 4.78 is 38.8. The highest BCUT2D eigenvalue weighted by Crippen LogP contribution is 2.31. The van der Waals surface area contributed by atoms with Crippen molar-refractivity contribution in [1.82, 2.24) is 14.7 Å². The molecule has 170 valence electrons. The summed E-state index contributed by atoms with van der Waals surface area (Å²) >= 11 is 0. The summed E-state index contributed by atoms with van der Waals surface area (Å²) in [6.07, 6.45) is -4.28. The second-order valence-electron chi connectivity index (χ2n) is 8.24. The van der Waals surface area contributed by atoms with Gasteiger partial charge in [-0.3, -0.25) is 14.5 Å². The van der Waals surface area contributed by atoms with Crippen molar-refractivity contribution in [3.05, 3.63) is 71.8 Å². The maximum atomic E-state index is 13.0. The summed E-state index contributed by atoms with van der Waals surface area (Å²) in [6.45, 7) is 2.00. The van der Waals surface area contributed by atoms with Crippen LogP contribution in [0.4, 0.5) is 13.2 Å². The molecule has 8 heteroatoms. The minimum Gasteiger partial charge on any atom is -0.338 e. The van der Waals surface area contributed by atoms with E-state index in [9.17, 15) is 22.8 Å². The van der Waals surface area contributed by atoms with Crippen LogP contribution in [0.5, 0.6) is 0 Å². The van der Waals surface area contributed by atoms with E-state index in [0.29, 0.717) is 37.5 Å². The standard InChI is InChI=1S/C24H26F3N3O2/c25-24(26,27)23(32)30-13-7-12-20(30)22(31)29-16-14-28(15-17-29)21(18-8-3-1-4-9-18)19-10-5-2-6-11-19/h1-6,8-11,20-21H,7,12-17H2. The van der Waals surface area contributed by atoms with Crippen molar-refractivity contribution >= 4 is 11.8 Å². The first-order chi connectivity index (χ1) is 15.4. The molecule has 5 nitrogen and oxygen atoms in total. The molecule has 1 atom stereocenters. The summed E-state index contributed by atoms with van der Waals surface area (Å²) in [6, 6.07) is 19.3. The van der Waals surface area contributed by atoms with Crippen molar-refractivity contribution in [1.29, 1.82) is 0 Å². The Hall–Kier alpha value is -2.87. The molecule has 2 aromatic rings. The largest absolute Gasteiger partial charge is 0.471 e. The number of piperazine rings is 1. The Morgan fingerprint density at radius 3 is 1.84 bits per heavy atom. The van der Waals surface area contributed by atoms with Gasteiger partial charge in [-0.15, -0.1) is 0 Å². The summed E-state index contributed by atoms with van der Waals surface area (Å²) in [5.74, 6) is -2.30. The third-order valence-electron chi connectivity index (χ3n) is 6.26. The van der Waals surface area contributed by atoms with E-state index in [1.165, 1.54) is 0 Å². The molecule has 4 rings (SSSR count). The van der Waals surface area contributed by atoms with Crippen LogP contribution < -0.4 is 0 Å². The van der Waals surface area contributed by atoms with Crippen LogP contribution >= 0.6 is 0 Å². The first kappa shape index (κ1) is 22.3. The number of hydrogen-bond donors (Lipinski definition) is 0. The lowest BCUT2D eigenvalue weighted by Gasteiger charge is -2.41. The molecule has 0 radical (unpaired) electrons. The van der Waals surface area contributed by atoms with Crippen LogP contribution in [0.2, 0.25) is 0 Å². The molecule has 32 heavy (non-hydrogen) atoms. The molecule has 1 unspecified atom stereocenters. The highest BCUT2D eigenvalue weighted by molar-refractivity contribution is 5.90. The van der Waals surface area contributed by atoms with Gasteiger partial charge in [0.15, 0.2) is 0 Å². The zero-order chi connectivity index (χ0) is 22.7. The smallest absolute Gasteiger partial charge is 0.338 e. The molecule has 2 fully saturated rings. The number of alkyl halides is 3. The SMILES string of the molecule is O=C(C1CCCN1C(=O)C(F)(F)F)N1CCN(C(c2ccccc2)c2ccccc2)CC1. The third-order valence-corrected chi connectivity index (χ3v) is 6.26. The lowest BCUT2D eigenvalue weighted by Crippen LogP contribution is -2.56. The maximum absolute atomic E-state index is 13.0. The zero-order valence-corrected chi connectivity index (χ0v) is 17.7. The Labute approximate surface area is 185 Å². The van der Waals surface area contributed by atoms with Gasteiger partial charge in [0.1, 0.15) is 6.04 Å². The molecule has 2 aliphatic heterocycles. The fraction of sp³-hybridized carbons (Fsp3) is 0.417. The molecular formula is C24H26F3N3O2. The number of rotatable bonds is 4. The number of carbonyl (C=O) groups is 2. The van der Waals surface area contributed by atoms with Crippen molar-refractivity contribution in [2.45, 2.75) is 31.1 Å². The van der Waals surface area contributed by atoms with Gasteiger partial charge < -0.3 is 9.80 Å². The van der Waals surface area contributed by atoms with E-state index in [4.69, 9.17) is 0 Å². The first-order valence-corrected chi connectivity index (χ1v) is 10.9. The van der Waals surface area contributed by atoms with Gasteiger partial charge in [0.2, 0.25) is 5.91 Å². The van der Waals surface area contributed by atoms with Crippen molar-refractivity contribution < 1.29 is 22.8 Å². The lowest BCUT2D eigenvalue weighted by molar-refractivity contribution is -0.187. The van der Waals surface area contributed by atoms with Crippen LogP contribution in [-0.4, -0.2) is 71.5 Å². The Bertz CT molecular complexity index is 889. The average Bonchev–Trinajstić information content (AvgIpc) is 3.29. The molecule has 0 aromatic heterocycles. The highest BCUT2D eigenvalue weighted by Gasteiger charge is 2.48. The molecule has 0 aliphatic carbocycles. The molecule has 0 bridgehead atoms. The Morgan fingerprint density at radius 2 is 1.34 bits per heavy atom. The van der Waals surface area contributed by atoms with Crippen molar-refractivity contribution in [3.63, 3.8) is 0 Å². The minimum absolute atomic E-state index is 0.0290. The fourth-order valence-electron chi connectivity index (χ4n) is 4.73. The number of amides is 2. The van der Waals surface area contributed by atoms with E-state index >= 15 is 0 Å². The molecule has 2 saturated heterocycles. The molecule has 2 heterocycles. The molecular weight excluding hydrogens is 419 g/mol. The second kappa shape index (κ2) is 9.32. The number of halogens is 3. The predicted molar refractivity (Wildman–Crippen MR) is 114 cm³/mol. The van der Waals surface area contributed by atoms with Gasteiger partial charge in [0.25, 0.3) is 0 Å². The normalized spacial score (nSPS) is 20.1. The molecule has 0 spiro atoms. The first-order valence-electron chi connectivity index (χ1n) is 10.9. The average molecular weight is 445 g/mol. The van der Waals surface area contributed by atoms with Crippen molar-refractivity contribution in [2.24, 2.45) is 0 Å². The van der Waals surface area contributed by atoms with E-state index in [1.54, 1.807) is 4.90 Å². The number of carbonyl (C=O) groups excluding carboxylic acids is 2. The summed E-state index contributed by atoms with van der Waals surface area (Å²) in [4.78, 5) is 29.3. The van der Waals surface area contributed by atoms with Crippen LogP contribution in [0.15, 0.2) is 60.7 Å². The third kappa shape index (κ3) is 4.65. The number of hydrogen-bond acceptors (Lipinski definition) is 3. The molecule has 0 N–H and O–H groups in total. The van der Waals surface area contributed by atoms with Gasteiger partial charge in [0.05, 0.1) is 6.04 Å². The monoisotopic (exact) mass is 445 g/mol. The van der Waals surface area contributed by atoms with E-state index in [2.05, 4.69) is 29.2 Å². The molecule has 0 saturated carbocycles. The van der Waals surface area contributed by atoms with Crippen LogP contribution in [-0.2, 0) is 9.59 Å². The number of benzene rings is 2. The van der Waals surface area contributed by atoms with E-state index in [0.717, 1.165) is 11.1 Å². The van der Waals surface area contributed by atoms with Gasteiger partial charge in [-0.05, 0) is 24.0 Å². The Morgan fingerprint density at radius 1 is 0.812 bits per heavy atom. The minimum atomic E-state index is -4.96. The van der Waals surface area contributed by atoms with Gasteiger partial charge in [-0.2, -0.15) is 13.2 Å². The van der Waals surface area contributed by atoms with E-state index in [1.807, 2.05) is 36.4 Å². The Balaban J connectivity index is 1.46. The molecule has 2 aliphatic rings. The van der Waals surface area contributed by atoms with Gasteiger partial charge in [0, 0.05) is 32.7 Å². The van der Waals surface area contributed by atoms with Crippen LogP contribution in [0.3, 0.4) is 0 Å². The highest BCUT2D eigenvalue weighted by atomic mass is 19.4. The van der Waals surface area contributed by atoms with Crippen LogP contribution in [0.25, 0.3) is 0 Å².